The van der Waals surface area contributed by atoms with E-state index in [0.717, 1.165) is 25.8 Å². The van der Waals surface area contributed by atoms with Crippen molar-refractivity contribution < 1.29 is 14.4 Å². The fourth-order valence-electron chi connectivity index (χ4n) is 3.73. The number of carbonyl (C=O) groups excluding carboxylic acids is 3. The molecule has 2 heterocycles. The quantitative estimate of drug-likeness (QED) is 0.823. The highest BCUT2D eigenvalue weighted by Gasteiger charge is 2.48. The Balaban J connectivity index is 1.56. The molecule has 1 aliphatic carbocycles. The Kier molecular flexibility index (Phi) is 4.10. The molecule has 1 saturated carbocycles. The summed E-state index contributed by atoms with van der Waals surface area (Å²) in [6.45, 7) is 3.78. The maximum Gasteiger partial charge on any atom is 0.241 e. The first-order valence-corrected chi connectivity index (χ1v) is 8.33. The number of hydrogen-bond donors (Lipinski definition) is 1. The van der Waals surface area contributed by atoms with Crippen LogP contribution in [0.1, 0.15) is 45.4 Å². The van der Waals surface area contributed by atoms with Gasteiger partial charge in [0.05, 0.1) is 6.54 Å². The van der Waals surface area contributed by atoms with Gasteiger partial charge in [0.2, 0.25) is 17.7 Å². The van der Waals surface area contributed by atoms with Crippen LogP contribution in [-0.2, 0) is 14.4 Å². The molecule has 3 amide bonds. The summed E-state index contributed by atoms with van der Waals surface area (Å²) in [6, 6.07) is 0. The van der Waals surface area contributed by atoms with Gasteiger partial charge in [-0.15, -0.1) is 0 Å². The summed E-state index contributed by atoms with van der Waals surface area (Å²) in [5, 5.41) is 2.56. The average molecular weight is 307 g/mol. The van der Waals surface area contributed by atoms with Gasteiger partial charge in [-0.25, -0.2) is 0 Å². The number of rotatable bonds is 4. The van der Waals surface area contributed by atoms with Gasteiger partial charge in [0.1, 0.15) is 0 Å². The maximum atomic E-state index is 12.2. The third-order valence-corrected chi connectivity index (χ3v) is 5.35. The van der Waals surface area contributed by atoms with Crippen LogP contribution in [0.15, 0.2) is 0 Å². The van der Waals surface area contributed by atoms with Crippen molar-refractivity contribution in [2.45, 2.75) is 51.0 Å². The lowest BCUT2D eigenvalue weighted by molar-refractivity contribution is -0.137. The normalized spacial score (nSPS) is 24.0. The molecule has 0 radical (unpaired) electrons. The Labute approximate surface area is 131 Å². The van der Waals surface area contributed by atoms with Gasteiger partial charge in [0.25, 0.3) is 0 Å². The molecule has 1 spiro atoms. The SMILES string of the molecule is CC(=O)NCC(=O)N1CCC2(CCC(=O)N2CC2CC2)CC1. The molecule has 3 rings (SSSR count). The summed E-state index contributed by atoms with van der Waals surface area (Å²) in [5.74, 6) is 0.797. The van der Waals surface area contributed by atoms with Crippen molar-refractivity contribution in [3.8, 4) is 0 Å². The smallest absolute Gasteiger partial charge is 0.241 e. The molecule has 6 heteroatoms. The average Bonchev–Trinajstić information content (AvgIpc) is 3.27. The number of hydrogen-bond acceptors (Lipinski definition) is 3. The van der Waals surface area contributed by atoms with Crippen molar-refractivity contribution in [1.29, 1.82) is 0 Å². The highest BCUT2D eigenvalue weighted by atomic mass is 16.2. The molecule has 6 nitrogen and oxygen atoms in total. The molecule has 0 aromatic carbocycles. The topological polar surface area (TPSA) is 69.7 Å². The van der Waals surface area contributed by atoms with E-state index in [-0.39, 0.29) is 23.9 Å². The van der Waals surface area contributed by atoms with E-state index in [2.05, 4.69) is 10.2 Å². The van der Waals surface area contributed by atoms with Crippen LogP contribution in [0.4, 0.5) is 0 Å². The van der Waals surface area contributed by atoms with Crippen molar-refractivity contribution in [3.05, 3.63) is 0 Å². The van der Waals surface area contributed by atoms with Gasteiger partial charge in [-0.3, -0.25) is 14.4 Å². The lowest BCUT2D eigenvalue weighted by atomic mass is 9.84. The zero-order chi connectivity index (χ0) is 15.7. The van der Waals surface area contributed by atoms with Crippen LogP contribution in [0.25, 0.3) is 0 Å². The largest absolute Gasteiger partial charge is 0.347 e. The van der Waals surface area contributed by atoms with E-state index >= 15 is 0 Å². The van der Waals surface area contributed by atoms with Gasteiger partial charge in [0, 0.05) is 38.5 Å². The number of amides is 3. The van der Waals surface area contributed by atoms with Crippen molar-refractivity contribution in [2.24, 2.45) is 5.92 Å². The number of likely N-dealkylation sites (tertiary alicyclic amines) is 2. The van der Waals surface area contributed by atoms with Crippen LogP contribution in [0.3, 0.4) is 0 Å². The summed E-state index contributed by atoms with van der Waals surface area (Å²) in [5.41, 5.74) is -0.00947. The first kappa shape index (κ1) is 15.3. The zero-order valence-electron chi connectivity index (χ0n) is 13.3. The molecular formula is C16H25N3O3. The Morgan fingerprint density at radius 1 is 1.23 bits per heavy atom. The molecule has 1 N–H and O–H groups in total. The van der Waals surface area contributed by atoms with E-state index in [1.165, 1.54) is 19.8 Å². The fourth-order valence-corrected chi connectivity index (χ4v) is 3.73. The minimum absolute atomic E-state index is 0.00947. The fraction of sp³-hybridized carbons (Fsp3) is 0.812. The third kappa shape index (κ3) is 3.10. The highest BCUT2D eigenvalue weighted by molar-refractivity contribution is 5.84. The van der Waals surface area contributed by atoms with Crippen LogP contribution < -0.4 is 5.32 Å². The number of carbonyl (C=O) groups is 3. The van der Waals surface area contributed by atoms with Crippen LogP contribution in [0.2, 0.25) is 0 Å². The van der Waals surface area contributed by atoms with Crippen LogP contribution in [0.5, 0.6) is 0 Å². The lowest BCUT2D eigenvalue weighted by Crippen LogP contribution is -2.55. The molecular weight excluding hydrogens is 282 g/mol. The first-order chi connectivity index (χ1) is 10.5. The van der Waals surface area contributed by atoms with Gasteiger partial charge < -0.3 is 15.1 Å². The van der Waals surface area contributed by atoms with Crippen molar-refractivity contribution >= 4 is 17.7 Å². The Morgan fingerprint density at radius 2 is 1.91 bits per heavy atom. The third-order valence-electron chi connectivity index (χ3n) is 5.35. The summed E-state index contributed by atoms with van der Waals surface area (Å²) >= 11 is 0. The Hall–Kier alpha value is -1.59. The standard InChI is InChI=1S/C16H25N3O3/c1-12(20)17-10-15(22)18-8-6-16(7-9-18)5-4-14(21)19(16)11-13-2-3-13/h13H,2-11H2,1H3,(H,17,20). The minimum atomic E-state index is -0.182. The summed E-state index contributed by atoms with van der Waals surface area (Å²) in [6.07, 6.45) is 5.84. The summed E-state index contributed by atoms with van der Waals surface area (Å²) < 4.78 is 0. The van der Waals surface area contributed by atoms with Crippen molar-refractivity contribution in [3.63, 3.8) is 0 Å². The Bertz CT molecular complexity index is 479. The molecule has 3 fully saturated rings. The maximum absolute atomic E-state index is 12.2. The molecule has 0 bridgehead atoms. The summed E-state index contributed by atoms with van der Waals surface area (Å²) in [7, 11) is 0. The van der Waals surface area contributed by atoms with E-state index in [9.17, 15) is 14.4 Å². The summed E-state index contributed by atoms with van der Waals surface area (Å²) in [4.78, 5) is 39.1. The highest BCUT2D eigenvalue weighted by Crippen LogP contribution is 2.42. The molecule has 0 unspecified atom stereocenters. The van der Waals surface area contributed by atoms with Gasteiger partial charge in [-0.2, -0.15) is 0 Å². The Morgan fingerprint density at radius 3 is 2.50 bits per heavy atom. The molecule has 2 saturated heterocycles. The number of nitrogens with one attached hydrogen (secondary N) is 1. The van der Waals surface area contributed by atoms with Crippen LogP contribution >= 0.6 is 0 Å². The zero-order valence-corrected chi connectivity index (χ0v) is 13.3. The number of piperidine rings is 1. The van der Waals surface area contributed by atoms with Gasteiger partial charge in [0.15, 0.2) is 0 Å². The van der Waals surface area contributed by atoms with Crippen molar-refractivity contribution in [1.82, 2.24) is 15.1 Å². The second-order valence-electron chi connectivity index (χ2n) is 6.96. The van der Waals surface area contributed by atoms with E-state index < -0.39 is 0 Å². The van der Waals surface area contributed by atoms with Crippen LogP contribution in [-0.4, -0.2) is 59.2 Å². The predicted octanol–water partition coefficient (Wildman–Crippen LogP) is 0.516. The van der Waals surface area contributed by atoms with E-state index in [0.29, 0.717) is 31.3 Å². The lowest BCUT2D eigenvalue weighted by Gasteiger charge is -2.45. The molecule has 0 aromatic rings. The van der Waals surface area contributed by atoms with Gasteiger partial charge in [-0.05, 0) is 38.0 Å². The minimum Gasteiger partial charge on any atom is -0.347 e. The molecule has 0 atom stereocenters. The van der Waals surface area contributed by atoms with E-state index in [1.54, 1.807) is 0 Å². The van der Waals surface area contributed by atoms with E-state index in [4.69, 9.17) is 0 Å². The first-order valence-electron chi connectivity index (χ1n) is 8.33. The van der Waals surface area contributed by atoms with Crippen molar-refractivity contribution in [2.75, 3.05) is 26.2 Å². The second-order valence-corrected chi connectivity index (χ2v) is 6.96. The molecule has 22 heavy (non-hydrogen) atoms. The van der Waals surface area contributed by atoms with Gasteiger partial charge in [-0.1, -0.05) is 0 Å². The van der Waals surface area contributed by atoms with E-state index in [1.807, 2.05) is 4.90 Å². The molecule has 2 aliphatic heterocycles. The second kappa shape index (κ2) is 5.89. The van der Waals surface area contributed by atoms with Crippen LogP contribution in [0, 0.1) is 5.92 Å². The van der Waals surface area contributed by atoms with Gasteiger partial charge >= 0.3 is 0 Å². The molecule has 3 aliphatic rings. The monoisotopic (exact) mass is 307 g/mol. The molecule has 122 valence electrons. The number of nitrogens with zero attached hydrogens (tertiary/aromatic N) is 2. The molecule has 0 aromatic heterocycles. The predicted molar refractivity (Wildman–Crippen MR) is 80.9 cm³/mol.